The van der Waals surface area contributed by atoms with Gasteiger partial charge in [0, 0.05) is 25.2 Å². The van der Waals surface area contributed by atoms with E-state index >= 15 is 0 Å². The fraction of sp³-hybridized carbons (Fsp3) is 0.417. The van der Waals surface area contributed by atoms with Crippen molar-refractivity contribution in [3.8, 4) is 0 Å². The van der Waals surface area contributed by atoms with Crippen LogP contribution in [-0.4, -0.2) is 41.5 Å². The summed E-state index contributed by atoms with van der Waals surface area (Å²) in [4.78, 5) is 24.3. The average Bonchev–Trinajstić information content (AvgIpc) is 2.45. The predicted molar refractivity (Wildman–Crippen MR) is 72.2 cm³/mol. The first-order chi connectivity index (χ1) is 9.52. The summed E-state index contributed by atoms with van der Waals surface area (Å²) in [5, 5.41) is 10.8. The molecule has 0 radical (unpaired) electrons. The second kappa shape index (κ2) is 5.85. The largest absolute Gasteiger partial charge is 0.375 e. The van der Waals surface area contributed by atoms with Gasteiger partial charge in [-0.25, -0.2) is 0 Å². The quantitative estimate of drug-likeness (QED) is 0.480. The highest BCUT2D eigenvalue weighted by atomic mass is 16.6. The number of nitrogens with two attached hydrogens (primary N) is 1. The number of carbonyl (C=O) groups is 1. The van der Waals surface area contributed by atoms with Gasteiger partial charge in [-0.1, -0.05) is 0 Å². The van der Waals surface area contributed by atoms with Crippen molar-refractivity contribution in [2.45, 2.75) is 13.0 Å². The van der Waals surface area contributed by atoms with Crippen molar-refractivity contribution in [1.29, 1.82) is 0 Å². The number of amides is 1. The lowest BCUT2D eigenvalue weighted by molar-refractivity contribution is -0.384. The number of carbonyl (C=O) groups excluding carboxylic acids is 1. The minimum absolute atomic E-state index is 0.0549. The maximum Gasteiger partial charge on any atom is 0.270 e. The first-order valence-electron chi connectivity index (χ1n) is 6.19. The number of hydrazine groups is 1. The van der Waals surface area contributed by atoms with Gasteiger partial charge in [0.1, 0.15) is 0 Å². The highest BCUT2D eigenvalue weighted by Crippen LogP contribution is 2.23. The SMILES string of the molecule is CC1CN(C(=O)c2cc([N+](=O)[O-])ccc2NN)CCO1. The van der Waals surface area contributed by atoms with Crippen molar-refractivity contribution in [2.24, 2.45) is 5.84 Å². The third-order valence-corrected chi connectivity index (χ3v) is 3.13. The number of morpholine rings is 1. The Bertz CT molecular complexity index is 534. The van der Waals surface area contributed by atoms with Crippen LogP contribution >= 0.6 is 0 Å². The Morgan fingerprint density at radius 2 is 2.35 bits per heavy atom. The number of nitrogens with one attached hydrogen (secondary N) is 1. The molecule has 2 rings (SSSR count). The number of nitrogens with zero attached hydrogens (tertiary/aromatic N) is 2. The lowest BCUT2D eigenvalue weighted by Crippen LogP contribution is -2.44. The molecule has 0 saturated carbocycles. The second-order valence-corrected chi connectivity index (χ2v) is 4.56. The summed E-state index contributed by atoms with van der Waals surface area (Å²) in [7, 11) is 0. The van der Waals surface area contributed by atoms with E-state index in [-0.39, 0.29) is 23.3 Å². The Kier molecular flexibility index (Phi) is 4.16. The van der Waals surface area contributed by atoms with Crippen LogP contribution < -0.4 is 11.3 Å². The van der Waals surface area contributed by atoms with Crippen LogP contribution in [0.1, 0.15) is 17.3 Å². The fourth-order valence-corrected chi connectivity index (χ4v) is 2.12. The molecule has 0 aromatic heterocycles. The van der Waals surface area contributed by atoms with Gasteiger partial charge in [0.15, 0.2) is 0 Å². The van der Waals surface area contributed by atoms with E-state index in [1.54, 1.807) is 4.90 Å². The van der Waals surface area contributed by atoms with E-state index in [4.69, 9.17) is 10.6 Å². The molecule has 8 nitrogen and oxygen atoms in total. The van der Waals surface area contributed by atoms with Crippen molar-refractivity contribution in [3.63, 3.8) is 0 Å². The summed E-state index contributed by atoms with van der Waals surface area (Å²) in [6.07, 6.45) is -0.0549. The molecule has 1 aliphatic rings. The number of nitrogen functional groups attached to an aromatic ring is 1. The van der Waals surface area contributed by atoms with Crippen LogP contribution in [0.25, 0.3) is 0 Å². The number of anilines is 1. The van der Waals surface area contributed by atoms with Gasteiger partial charge in [0.2, 0.25) is 0 Å². The van der Waals surface area contributed by atoms with Gasteiger partial charge in [-0.15, -0.1) is 0 Å². The Morgan fingerprint density at radius 3 is 2.95 bits per heavy atom. The predicted octanol–water partition coefficient (Wildman–Crippen LogP) is 0.741. The Labute approximate surface area is 115 Å². The maximum absolute atomic E-state index is 12.5. The van der Waals surface area contributed by atoms with E-state index in [1.807, 2.05) is 6.92 Å². The smallest absolute Gasteiger partial charge is 0.270 e. The third-order valence-electron chi connectivity index (χ3n) is 3.13. The molecule has 1 amide bonds. The summed E-state index contributed by atoms with van der Waals surface area (Å²) < 4.78 is 5.37. The third kappa shape index (κ3) is 2.86. The van der Waals surface area contributed by atoms with E-state index in [1.165, 1.54) is 18.2 Å². The molecule has 3 N–H and O–H groups in total. The second-order valence-electron chi connectivity index (χ2n) is 4.56. The van der Waals surface area contributed by atoms with E-state index in [0.717, 1.165) is 0 Å². The number of non-ortho nitro benzene ring substituents is 1. The zero-order valence-electron chi connectivity index (χ0n) is 11.0. The summed E-state index contributed by atoms with van der Waals surface area (Å²) in [5.41, 5.74) is 2.80. The highest BCUT2D eigenvalue weighted by molar-refractivity contribution is 6.00. The molecule has 0 bridgehead atoms. The van der Waals surface area contributed by atoms with Crippen LogP contribution in [0.2, 0.25) is 0 Å². The van der Waals surface area contributed by atoms with Gasteiger partial charge in [-0.05, 0) is 13.0 Å². The standard InChI is InChI=1S/C12H16N4O4/c1-8-7-15(4-5-20-8)12(17)10-6-9(16(18)19)2-3-11(10)14-13/h2-3,6,8,14H,4-5,7,13H2,1H3. The molecule has 1 aromatic rings. The molecule has 1 unspecified atom stereocenters. The number of hydrogen-bond acceptors (Lipinski definition) is 6. The zero-order valence-corrected chi connectivity index (χ0v) is 11.0. The summed E-state index contributed by atoms with van der Waals surface area (Å²) in [5.74, 6) is 5.06. The molecule has 0 aliphatic carbocycles. The minimum atomic E-state index is -0.543. The van der Waals surface area contributed by atoms with Gasteiger partial charge < -0.3 is 15.1 Å². The molecule has 1 fully saturated rings. The van der Waals surface area contributed by atoms with Crippen LogP contribution in [0.3, 0.4) is 0 Å². The Hall–Kier alpha value is -2.19. The lowest BCUT2D eigenvalue weighted by Gasteiger charge is -2.31. The topological polar surface area (TPSA) is 111 Å². The Balaban J connectivity index is 2.31. The first-order valence-corrected chi connectivity index (χ1v) is 6.19. The number of ether oxygens (including phenoxy) is 1. The monoisotopic (exact) mass is 280 g/mol. The van der Waals surface area contributed by atoms with Crippen molar-refractivity contribution < 1.29 is 14.5 Å². The summed E-state index contributed by atoms with van der Waals surface area (Å²) in [6.45, 7) is 3.23. The van der Waals surface area contributed by atoms with Crippen LogP contribution in [-0.2, 0) is 4.74 Å². The molecule has 1 aromatic carbocycles. The highest BCUT2D eigenvalue weighted by Gasteiger charge is 2.25. The molecular weight excluding hydrogens is 264 g/mol. The number of nitro groups is 1. The molecule has 1 atom stereocenters. The van der Waals surface area contributed by atoms with Crippen molar-refractivity contribution in [2.75, 3.05) is 25.1 Å². The van der Waals surface area contributed by atoms with Gasteiger partial charge in [-0.2, -0.15) is 0 Å². The molecule has 0 spiro atoms. The van der Waals surface area contributed by atoms with E-state index in [0.29, 0.717) is 25.4 Å². The number of rotatable bonds is 3. The molecule has 1 aliphatic heterocycles. The van der Waals surface area contributed by atoms with Gasteiger partial charge >= 0.3 is 0 Å². The zero-order chi connectivity index (χ0) is 14.7. The fourth-order valence-electron chi connectivity index (χ4n) is 2.12. The molecular formula is C12H16N4O4. The number of hydrogen-bond donors (Lipinski definition) is 2. The van der Waals surface area contributed by atoms with Crippen LogP contribution in [0.4, 0.5) is 11.4 Å². The minimum Gasteiger partial charge on any atom is -0.375 e. The molecule has 8 heteroatoms. The van der Waals surface area contributed by atoms with E-state index in [2.05, 4.69) is 5.43 Å². The van der Waals surface area contributed by atoms with Crippen LogP contribution in [0.5, 0.6) is 0 Å². The van der Waals surface area contributed by atoms with Crippen LogP contribution in [0, 0.1) is 10.1 Å². The number of benzene rings is 1. The van der Waals surface area contributed by atoms with E-state index in [9.17, 15) is 14.9 Å². The summed E-state index contributed by atoms with van der Waals surface area (Å²) >= 11 is 0. The van der Waals surface area contributed by atoms with Gasteiger partial charge in [0.25, 0.3) is 11.6 Å². The van der Waals surface area contributed by atoms with Crippen molar-refractivity contribution >= 4 is 17.3 Å². The lowest BCUT2D eigenvalue weighted by atomic mass is 10.1. The van der Waals surface area contributed by atoms with Gasteiger partial charge in [0.05, 0.1) is 28.9 Å². The van der Waals surface area contributed by atoms with Crippen molar-refractivity contribution in [1.82, 2.24) is 4.90 Å². The van der Waals surface area contributed by atoms with E-state index < -0.39 is 4.92 Å². The van der Waals surface area contributed by atoms with Gasteiger partial charge in [-0.3, -0.25) is 20.8 Å². The van der Waals surface area contributed by atoms with Crippen molar-refractivity contribution in [3.05, 3.63) is 33.9 Å². The molecule has 1 heterocycles. The summed E-state index contributed by atoms with van der Waals surface area (Å²) in [6, 6.07) is 3.96. The normalized spacial score (nSPS) is 18.7. The van der Waals surface area contributed by atoms with Crippen LogP contribution in [0.15, 0.2) is 18.2 Å². The maximum atomic E-state index is 12.5. The average molecular weight is 280 g/mol. The molecule has 108 valence electrons. The first kappa shape index (κ1) is 14.2. The molecule has 20 heavy (non-hydrogen) atoms. The Morgan fingerprint density at radius 1 is 1.60 bits per heavy atom. The molecule has 1 saturated heterocycles. The number of nitro benzene ring substituents is 1.